The van der Waals surface area contributed by atoms with E-state index in [1.54, 1.807) is 74.7 Å². The Morgan fingerprint density at radius 3 is 1.31 bits per heavy atom. The normalized spacial score (nSPS) is 21.5. The molecule has 2 aromatic rings. The van der Waals surface area contributed by atoms with E-state index >= 15 is 0 Å². The highest BCUT2D eigenvalue weighted by molar-refractivity contribution is 8.21. The van der Waals surface area contributed by atoms with Gasteiger partial charge in [-0.2, -0.15) is 0 Å². The molecule has 0 atom stereocenters. The van der Waals surface area contributed by atoms with Gasteiger partial charge in [-0.05, 0) is 33.3 Å². The van der Waals surface area contributed by atoms with Crippen molar-refractivity contribution in [3.8, 4) is 23.0 Å². The van der Waals surface area contributed by atoms with Gasteiger partial charge in [0.2, 0.25) is 11.6 Å². The van der Waals surface area contributed by atoms with Crippen molar-refractivity contribution in [1.82, 2.24) is 0 Å². The molecular formula is C27H28O8S4. The van der Waals surface area contributed by atoms with Gasteiger partial charge in [0.25, 0.3) is 0 Å². The third kappa shape index (κ3) is 4.33. The zero-order chi connectivity index (χ0) is 28.4. The van der Waals surface area contributed by atoms with Crippen molar-refractivity contribution in [2.24, 2.45) is 0 Å². The summed E-state index contributed by atoms with van der Waals surface area (Å²) < 4.78 is 24.0. The number of carboxylic acid groups (broad SMARTS) is 2. The van der Waals surface area contributed by atoms with Crippen molar-refractivity contribution in [3.05, 3.63) is 22.3 Å². The van der Waals surface area contributed by atoms with Gasteiger partial charge in [-0.25, -0.2) is 9.59 Å². The van der Waals surface area contributed by atoms with Crippen molar-refractivity contribution in [3.63, 3.8) is 0 Å². The Hall–Kier alpha value is -2.02. The molecule has 0 spiro atoms. The molecule has 0 radical (unpaired) electrons. The molecular weight excluding hydrogens is 581 g/mol. The molecule has 0 unspecified atom stereocenters. The molecule has 6 rings (SSSR count). The van der Waals surface area contributed by atoms with Crippen molar-refractivity contribution < 1.29 is 38.7 Å². The smallest absolute Gasteiger partial charge is 0.343 e. The minimum Gasteiger partial charge on any atom is -0.478 e. The third-order valence-electron chi connectivity index (χ3n) is 6.39. The van der Waals surface area contributed by atoms with E-state index in [1.165, 1.54) is 0 Å². The number of hydrogen-bond acceptors (Lipinski definition) is 10. The van der Waals surface area contributed by atoms with Crippen LogP contribution in [0.1, 0.15) is 87.2 Å². The number of fused-ring (bicyclic) bond motifs is 4. The second kappa shape index (κ2) is 8.27. The summed E-state index contributed by atoms with van der Waals surface area (Å²) in [6.45, 7) is 15.2. The molecule has 12 heteroatoms. The van der Waals surface area contributed by atoms with Gasteiger partial charge in [0, 0.05) is 59.3 Å². The van der Waals surface area contributed by atoms with Crippen LogP contribution in [0.5, 0.6) is 23.0 Å². The molecule has 4 heterocycles. The van der Waals surface area contributed by atoms with Gasteiger partial charge in [-0.15, -0.1) is 47.0 Å². The predicted molar refractivity (Wildman–Crippen MR) is 152 cm³/mol. The summed E-state index contributed by atoms with van der Waals surface area (Å²) in [6.07, 6.45) is 0.321. The Labute approximate surface area is 243 Å². The molecule has 0 aromatic heterocycles. The first-order valence-corrected chi connectivity index (χ1v) is 15.6. The number of carbonyl (C=O) groups is 2. The lowest BCUT2D eigenvalue weighted by atomic mass is 9.98. The number of hydrogen-bond donors (Lipinski definition) is 2. The molecule has 0 saturated heterocycles. The van der Waals surface area contributed by atoms with E-state index in [1.807, 2.05) is 0 Å². The van der Waals surface area contributed by atoms with Gasteiger partial charge < -0.3 is 29.2 Å². The molecule has 0 amide bonds. The fourth-order valence-electron chi connectivity index (χ4n) is 5.17. The molecule has 208 valence electrons. The van der Waals surface area contributed by atoms with E-state index in [9.17, 15) is 19.8 Å². The highest BCUT2D eigenvalue weighted by atomic mass is 32.2. The van der Waals surface area contributed by atoms with E-state index in [2.05, 4.69) is 27.7 Å². The number of benzene rings is 2. The molecule has 2 N–H and O–H groups in total. The summed E-state index contributed by atoms with van der Waals surface area (Å²) in [7, 11) is 0. The number of rotatable bonds is 4. The largest absolute Gasteiger partial charge is 0.478 e. The van der Waals surface area contributed by atoms with E-state index in [0.717, 1.165) is 25.1 Å². The number of ether oxygens (including phenoxy) is 4. The molecule has 0 saturated carbocycles. The second-order valence-corrected chi connectivity index (χ2v) is 18.6. The summed E-state index contributed by atoms with van der Waals surface area (Å²) in [4.78, 5) is 28.4. The van der Waals surface area contributed by atoms with Crippen LogP contribution in [0.15, 0.2) is 19.6 Å². The highest BCUT2D eigenvalue weighted by Gasteiger charge is 2.49. The lowest BCUT2D eigenvalue weighted by Gasteiger charge is -2.20. The molecule has 39 heavy (non-hydrogen) atoms. The highest BCUT2D eigenvalue weighted by Crippen LogP contribution is 2.67. The second-order valence-electron chi connectivity index (χ2n) is 11.5. The van der Waals surface area contributed by atoms with Crippen LogP contribution < -0.4 is 18.9 Å². The maximum Gasteiger partial charge on any atom is 0.343 e. The number of aromatic carboxylic acids is 2. The zero-order valence-corrected chi connectivity index (χ0v) is 26.0. The number of thioether (sulfide) groups is 4. The Morgan fingerprint density at radius 1 is 0.564 bits per heavy atom. The first-order valence-electron chi connectivity index (χ1n) is 12.3. The quantitative estimate of drug-likeness (QED) is 0.357. The summed E-state index contributed by atoms with van der Waals surface area (Å²) in [5, 5.41) is 20.5. The van der Waals surface area contributed by atoms with E-state index in [0.29, 0.717) is 29.0 Å². The molecule has 0 bridgehead atoms. The molecule has 0 aliphatic carbocycles. The summed E-state index contributed by atoms with van der Waals surface area (Å²) >= 11 is 6.43. The van der Waals surface area contributed by atoms with Crippen LogP contribution in [0.3, 0.4) is 0 Å². The van der Waals surface area contributed by atoms with Crippen LogP contribution in [0, 0.1) is 0 Å². The Kier molecular flexibility index (Phi) is 5.76. The SMILES string of the molecule is CC1(C)Oc2c(Cc3c4c(c(C(=O)O)c5c3SC(C)(C)S5)SC(C)(C)S4)c3c(c(C(=O)O)c2O1)OC(C)(C)O3. The maximum absolute atomic E-state index is 12.6. The van der Waals surface area contributed by atoms with Crippen molar-refractivity contribution in [1.29, 1.82) is 0 Å². The molecule has 0 fully saturated rings. The van der Waals surface area contributed by atoms with Crippen molar-refractivity contribution in [2.45, 2.75) is 101 Å². The first kappa shape index (κ1) is 27.2. The topological polar surface area (TPSA) is 112 Å². The Balaban J connectivity index is 1.64. The van der Waals surface area contributed by atoms with Crippen LogP contribution in [0.4, 0.5) is 0 Å². The van der Waals surface area contributed by atoms with Gasteiger partial charge in [-0.3, -0.25) is 0 Å². The maximum atomic E-state index is 12.6. The van der Waals surface area contributed by atoms with Crippen molar-refractivity contribution >= 4 is 59.0 Å². The van der Waals surface area contributed by atoms with Crippen LogP contribution in [-0.2, 0) is 6.42 Å². The van der Waals surface area contributed by atoms with Crippen molar-refractivity contribution in [2.75, 3.05) is 0 Å². The van der Waals surface area contributed by atoms with E-state index in [4.69, 9.17) is 18.9 Å². The molecule has 4 aliphatic rings. The average molecular weight is 609 g/mol. The van der Waals surface area contributed by atoms with Crippen LogP contribution in [-0.4, -0.2) is 41.9 Å². The molecule has 4 aliphatic heterocycles. The molecule has 8 nitrogen and oxygen atoms in total. The van der Waals surface area contributed by atoms with Gasteiger partial charge in [0.1, 0.15) is 0 Å². The summed E-state index contributed by atoms with van der Waals surface area (Å²) in [6, 6.07) is 0. The third-order valence-corrected chi connectivity index (χ3v) is 12.2. The fraction of sp³-hybridized carbons (Fsp3) is 0.481. The van der Waals surface area contributed by atoms with Gasteiger partial charge >= 0.3 is 11.9 Å². The van der Waals surface area contributed by atoms with E-state index < -0.39 is 23.5 Å². The van der Waals surface area contributed by atoms with Crippen LogP contribution in [0.25, 0.3) is 0 Å². The Morgan fingerprint density at radius 2 is 0.923 bits per heavy atom. The van der Waals surface area contributed by atoms with Crippen LogP contribution in [0.2, 0.25) is 0 Å². The lowest BCUT2D eigenvalue weighted by Crippen LogP contribution is -2.31. The predicted octanol–water partition coefficient (Wildman–Crippen LogP) is 7.56. The summed E-state index contributed by atoms with van der Waals surface area (Å²) in [5.74, 6) is -3.48. The van der Waals surface area contributed by atoms with Gasteiger partial charge in [0.15, 0.2) is 28.6 Å². The minimum atomic E-state index is -1.20. The number of carboxylic acids is 2. The van der Waals surface area contributed by atoms with Gasteiger partial charge in [0.05, 0.1) is 13.7 Å². The zero-order valence-electron chi connectivity index (χ0n) is 22.7. The lowest BCUT2D eigenvalue weighted by molar-refractivity contribution is -0.0492. The standard InChI is InChI=1S/C27H28O8S4/c1-24(2)32-14-10(15-17(35-25(3,4)33-15)12(22(28)29)16(14)34-24)9-11-18-20(38-26(5,6)36-18)13(23(30)31)21-19(11)37-27(7,8)39-21/h9H2,1-8H3,(H,28,29)(H,30,31). The summed E-state index contributed by atoms with van der Waals surface area (Å²) in [5.41, 5.74) is 1.83. The fourth-order valence-corrected chi connectivity index (χ4v) is 11.1. The average Bonchev–Trinajstić information content (AvgIpc) is 3.44. The minimum absolute atomic E-state index is 0.114. The monoisotopic (exact) mass is 608 g/mol. The first-order chi connectivity index (χ1) is 17.9. The van der Waals surface area contributed by atoms with E-state index in [-0.39, 0.29) is 25.2 Å². The molecule has 2 aromatic carbocycles. The van der Waals surface area contributed by atoms with Gasteiger partial charge in [-0.1, -0.05) is 0 Å². The van der Waals surface area contributed by atoms with Crippen LogP contribution >= 0.6 is 47.0 Å². The Bertz CT molecular complexity index is 1310.